The number of imidazole rings is 1. The van der Waals surface area contributed by atoms with Crippen LogP contribution in [0.3, 0.4) is 0 Å². The van der Waals surface area contributed by atoms with Gasteiger partial charge in [0.05, 0.1) is 29.8 Å². The lowest BCUT2D eigenvalue weighted by atomic mass is 10.1. The number of aryl methyl sites for hydroxylation is 1. The molecule has 0 saturated heterocycles. The summed E-state index contributed by atoms with van der Waals surface area (Å²) in [6, 6.07) is 8.62. The van der Waals surface area contributed by atoms with E-state index in [9.17, 15) is 13.2 Å². The van der Waals surface area contributed by atoms with Crippen LogP contribution in [0.25, 0.3) is 5.69 Å². The Bertz CT molecular complexity index is 1230. The maximum absolute atomic E-state index is 13.4. The van der Waals surface area contributed by atoms with Gasteiger partial charge >= 0.3 is 0 Å². The van der Waals surface area contributed by atoms with Crippen molar-refractivity contribution in [3.05, 3.63) is 66.0 Å². The van der Waals surface area contributed by atoms with Gasteiger partial charge in [0, 0.05) is 12.7 Å². The smallest absolute Gasteiger partial charge is 0.276 e. The Morgan fingerprint density at radius 1 is 1.23 bits per heavy atom. The molecule has 0 saturated carbocycles. The van der Waals surface area contributed by atoms with Gasteiger partial charge in [0.2, 0.25) is 10.0 Å². The zero-order chi connectivity index (χ0) is 22.2. The molecule has 1 N–H and O–H groups in total. The summed E-state index contributed by atoms with van der Waals surface area (Å²) in [6.07, 6.45) is 5.46. The summed E-state index contributed by atoms with van der Waals surface area (Å²) in [4.78, 5) is 21.7. The summed E-state index contributed by atoms with van der Waals surface area (Å²) in [6.45, 7) is 6.41. The molecule has 31 heavy (non-hydrogen) atoms. The van der Waals surface area contributed by atoms with E-state index in [1.807, 2.05) is 6.92 Å². The van der Waals surface area contributed by atoms with Crippen LogP contribution in [0.4, 0.5) is 5.69 Å². The van der Waals surface area contributed by atoms with Gasteiger partial charge in [0.1, 0.15) is 11.2 Å². The molecule has 8 nitrogen and oxygen atoms in total. The predicted molar refractivity (Wildman–Crippen MR) is 118 cm³/mol. The van der Waals surface area contributed by atoms with E-state index in [0.29, 0.717) is 36.0 Å². The monoisotopic (exact) mass is 439 g/mol. The zero-order valence-electron chi connectivity index (χ0n) is 17.7. The molecule has 0 spiro atoms. The Hall–Kier alpha value is -3.04. The molecule has 0 atom stereocenters. The third-order valence-corrected chi connectivity index (χ3v) is 7.29. The first-order valence-electron chi connectivity index (χ1n) is 10.2. The lowest BCUT2D eigenvalue weighted by Gasteiger charge is -2.21. The van der Waals surface area contributed by atoms with Crippen molar-refractivity contribution < 1.29 is 13.2 Å². The average molecular weight is 440 g/mol. The number of pyridine rings is 1. The number of carbonyl (C=O) groups is 1. The highest BCUT2D eigenvalue weighted by molar-refractivity contribution is 7.89. The maximum Gasteiger partial charge on any atom is 0.276 e. The Morgan fingerprint density at radius 2 is 2.00 bits per heavy atom. The van der Waals surface area contributed by atoms with Gasteiger partial charge in [-0.25, -0.2) is 13.4 Å². The molecular formula is C22H25N5O3S. The minimum Gasteiger partial charge on any atom is -0.319 e. The summed E-state index contributed by atoms with van der Waals surface area (Å²) in [5.74, 6) is -0.0552. The topological polar surface area (TPSA) is 97.2 Å². The summed E-state index contributed by atoms with van der Waals surface area (Å²) in [5, 5.41) is 2.85. The number of para-hydroxylation sites is 1. The lowest BCUT2D eigenvalue weighted by Crippen LogP contribution is -2.32. The number of fused-ring (bicyclic) bond motifs is 3. The van der Waals surface area contributed by atoms with Gasteiger partial charge in [-0.1, -0.05) is 26.0 Å². The molecular weight excluding hydrogens is 414 g/mol. The van der Waals surface area contributed by atoms with Crippen molar-refractivity contribution in [3.8, 4) is 5.69 Å². The number of sulfonamides is 1. The first kappa shape index (κ1) is 21.2. The first-order valence-corrected chi connectivity index (χ1v) is 11.6. The standard InChI is InChI=1S/C22H25N5O3S/c1-15(2)9-11-26-13-19-21(22(28)25-17-12-23-10-8-16(17)3)24-14-27(19)18-6-4-5-7-20(18)31(26,29)30/h4-8,10,12,14-15H,9,11,13H2,1-3H3,(H,25,28). The Morgan fingerprint density at radius 3 is 2.74 bits per heavy atom. The lowest BCUT2D eigenvalue weighted by molar-refractivity contribution is 0.102. The van der Waals surface area contributed by atoms with Crippen molar-refractivity contribution in [2.24, 2.45) is 5.92 Å². The van der Waals surface area contributed by atoms with Gasteiger partial charge in [-0.05, 0) is 43.0 Å². The second kappa shape index (κ2) is 8.24. The maximum atomic E-state index is 13.4. The molecule has 3 heterocycles. The van der Waals surface area contributed by atoms with Crippen molar-refractivity contribution in [2.75, 3.05) is 11.9 Å². The van der Waals surface area contributed by atoms with E-state index in [2.05, 4.69) is 29.1 Å². The van der Waals surface area contributed by atoms with Crippen LogP contribution in [0, 0.1) is 12.8 Å². The number of anilines is 1. The molecule has 0 bridgehead atoms. The van der Waals surface area contributed by atoms with Crippen LogP contribution in [-0.4, -0.2) is 39.7 Å². The second-order valence-electron chi connectivity index (χ2n) is 8.04. The number of benzene rings is 1. The van der Waals surface area contributed by atoms with E-state index in [-0.39, 0.29) is 17.1 Å². The third kappa shape index (κ3) is 3.98. The predicted octanol–water partition coefficient (Wildman–Crippen LogP) is 3.38. The van der Waals surface area contributed by atoms with E-state index < -0.39 is 15.9 Å². The van der Waals surface area contributed by atoms with Crippen LogP contribution in [0.5, 0.6) is 0 Å². The summed E-state index contributed by atoms with van der Waals surface area (Å²) in [7, 11) is -3.72. The quantitative estimate of drug-likeness (QED) is 0.657. The third-order valence-electron chi connectivity index (χ3n) is 5.39. The number of nitrogens with one attached hydrogen (secondary N) is 1. The van der Waals surface area contributed by atoms with Crippen LogP contribution >= 0.6 is 0 Å². The molecule has 1 aliphatic rings. The molecule has 162 valence electrons. The Labute approximate surface area is 182 Å². The van der Waals surface area contributed by atoms with Crippen molar-refractivity contribution in [3.63, 3.8) is 0 Å². The van der Waals surface area contributed by atoms with Gasteiger partial charge in [0.15, 0.2) is 5.69 Å². The molecule has 2 aromatic heterocycles. The van der Waals surface area contributed by atoms with Crippen molar-refractivity contribution in [2.45, 2.75) is 38.6 Å². The number of amides is 1. The number of carbonyl (C=O) groups excluding carboxylic acids is 1. The van der Waals surface area contributed by atoms with Crippen LogP contribution in [0.1, 0.15) is 42.0 Å². The normalized spacial score (nSPS) is 15.2. The molecule has 0 radical (unpaired) electrons. The number of hydrogen-bond acceptors (Lipinski definition) is 5. The van der Waals surface area contributed by atoms with Crippen LogP contribution < -0.4 is 5.32 Å². The fourth-order valence-corrected chi connectivity index (χ4v) is 5.16. The molecule has 0 unspecified atom stereocenters. The van der Waals surface area contributed by atoms with E-state index >= 15 is 0 Å². The average Bonchev–Trinajstić information content (AvgIpc) is 3.12. The fourth-order valence-electron chi connectivity index (χ4n) is 3.57. The fraction of sp³-hybridized carbons (Fsp3) is 0.318. The summed E-state index contributed by atoms with van der Waals surface area (Å²) >= 11 is 0. The van der Waals surface area contributed by atoms with E-state index in [1.165, 1.54) is 10.6 Å². The molecule has 3 aromatic rings. The minimum absolute atomic E-state index is 0.0680. The molecule has 1 aromatic carbocycles. The number of rotatable bonds is 5. The van der Waals surface area contributed by atoms with Crippen LogP contribution in [0.2, 0.25) is 0 Å². The number of nitrogens with zero attached hydrogens (tertiary/aromatic N) is 4. The summed E-state index contributed by atoms with van der Waals surface area (Å²) in [5.41, 5.74) is 2.70. The molecule has 4 rings (SSSR count). The Balaban J connectivity index is 1.79. The van der Waals surface area contributed by atoms with Gasteiger partial charge in [-0.3, -0.25) is 14.3 Å². The summed E-state index contributed by atoms with van der Waals surface area (Å²) < 4.78 is 30.0. The van der Waals surface area contributed by atoms with Crippen molar-refractivity contribution in [1.29, 1.82) is 0 Å². The minimum atomic E-state index is -3.72. The Kier molecular flexibility index (Phi) is 5.63. The van der Waals surface area contributed by atoms with E-state index in [4.69, 9.17) is 0 Å². The van der Waals surface area contributed by atoms with Gasteiger partial charge in [0.25, 0.3) is 5.91 Å². The molecule has 0 aliphatic carbocycles. The number of aromatic nitrogens is 3. The van der Waals surface area contributed by atoms with Gasteiger partial charge in [-0.15, -0.1) is 0 Å². The largest absolute Gasteiger partial charge is 0.319 e. The van der Waals surface area contributed by atoms with Gasteiger partial charge in [-0.2, -0.15) is 4.31 Å². The SMILES string of the molecule is Cc1ccncc1NC(=O)c1ncn2c1CN(CCC(C)C)S(=O)(=O)c1ccccc1-2. The van der Waals surface area contributed by atoms with Crippen molar-refractivity contribution >= 4 is 21.6 Å². The van der Waals surface area contributed by atoms with E-state index in [1.54, 1.807) is 47.3 Å². The highest BCUT2D eigenvalue weighted by Gasteiger charge is 2.34. The number of hydrogen-bond donors (Lipinski definition) is 1. The van der Waals surface area contributed by atoms with Crippen LogP contribution in [0.15, 0.2) is 53.9 Å². The zero-order valence-corrected chi connectivity index (χ0v) is 18.6. The highest BCUT2D eigenvalue weighted by atomic mass is 32.2. The van der Waals surface area contributed by atoms with Crippen molar-refractivity contribution in [1.82, 2.24) is 18.8 Å². The molecule has 1 amide bonds. The highest BCUT2D eigenvalue weighted by Crippen LogP contribution is 2.32. The molecule has 0 fully saturated rings. The molecule has 1 aliphatic heterocycles. The van der Waals surface area contributed by atoms with Crippen LogP contribution in [-0.2, 0) is 16.6 Å². The van der Waals surface area contributed by atoms with E-state index in [0.717, 1.165) is 5.56 Å². The van der Waals surface area contributed by atoms with Gasteiger partial charge < -0.3 is 5.32 Å². The second-order valence-corrected chi connectivity index (χ2v) is 9.95. The molecule has 9 heteroatoms. The first-order chi connectivity index (χ1) is 14.8.